The van der Waals surface area contributed by atoms with E-state index in [1.165, 1.54) is 28.3 Å². The number of nitro groups is 1. The molecule has 0 radical (unpaired) electrons. The molecule has 0 N–H and O–H groups in total. The molecule has 0 aliphatic heterocycles. The van der Waals surface area contributed by atoms with E-state index in [-0.39, 0.29) is 29.8 Å². The molecule has 3 aromatic rings. The molecule has 1 aromatic heterocycles. The van der Waals surface area contributed by atoms with Gasteiger partial charge < -0.3 is 9.32 Å². The van der Waals surface area contributed by atoms with E-state index in [4.69, 9.17) is 4.42 Å². The van der Waals surface area contributed by atoms with Crippen LogP contribution in [0.25, 0.3) is 11.1 Å². The maximum atomic E-state index is 13.1. The molecular weight excluding hydrogens is 386 g/mol. The Bertz CT molecular complexity index is 1160. The van der Waals surface area contributed by atoms with Gasteiger partial charge in [-0.15, -0.1) is 0 Å². The lowest BCUT2D eigenvalue weighted by Crippen LogP contribution is -2.36. The van der Waals surface area contributed by atoms with Gasteiger partial charge in [-0.25, -0.2) is 4.79 Å². The minimum absolute atomic E-state index is 0.101. The summed E-state index contributed by atoms with van der Waals surface area (Å²) in [6, 6.07) is 12.4. The normalized spacial score (nSPS) is 13.7. The Kier molecular flexibility index (Phi) is 5.15. The number of carbonyl (C=O) groups is 1. The second kappa shape index (κ2) is 7.78. The van der Waals surface area contributed by atoms with E-state index in [2.05, 4.69) is 26.0 Å². The maximum Gasteiger partial charge on any atom is 0.420 e. The van der Waals surface area contributed by atoms with E-state index in [9.17, 15) is 19.7 Å². The Labute approximate surface area is 172 Å². The second-order valence-electron chi connectivity index (χ2n) is 8.01. The number of benzene rings is 2. The first kappa shape index (κ1) is 19.9. The predicted molar refractivity (Wildman–Crippen MR) is 111 cm³/mol. The van der Waals surface area contributed by atoms with Crippen molar-refractivity contribution in [3.8, 4) is 0 Å². The van der Waals surface area contributed by atoms with Gasteiger partial charge in [0.25, 0.3) is 5.69 Å². The van der Waals surface area contributed by atoms with E-state index in [1.54, 1.807) is 4.90 Å². The van der Waals surface area contributed by atoms with Crippen LogP contribution in [0.4, 0.5) is 5.69 Å². The van der Waals surface area contributed by atoms with Crippen LogP contribution in [-0.2, 0) is 17.9 Å². The summed E-state index contributed by atoms with van der Waals surface area (Å²) in [7, 11) is 0. The van der Waals surface area contributed by atoms with Gasteiger partial charge in [0.2, 0.25) is 5.91 Å². The molecule has 0 spiro atoms. The number of nitrogens with zero attached hydrogens (tertiary/aromatic N) is 3. The molecule has 8 heteroatoms. The van der Waals surface area contributed by atoms with Crippen LogP contribution in [-0.4, -0.2) is 26.3 Å². The standard InChI is InChI=1S/C22H23N3O5/c1-14(2)16-5-3-15(4-6-16)12-23(17-7-8-17)21(26)13-24-19-10-9-18(25(28)29)11-20(19)30-22(24)27/h3-6,9-11,14,17H,7-8,12-13H2,1-2H3. The van der Waals surface area contributed by atoms with Crippen LogP contribution in [0.15, 0.2) is 51.7 Å². The topological polar surface area (TPSA) is 98.6 Å². The average Bonchev–Trinajstić information content (AvgIpc) is 3.50. The number of oxazole rings is 1. The van der Waals surface area contributed by atoms with E-state index in [0.29, 0.717) is 18.0 Å². The van der Waals surface area contributed by atoms with Gasteiger partial charge in [0.05, 0.1) is 16.5 Å². The van der Waals surface area contributed by atoms with E-state index in [0.717, 1.165) is 18.4 Å². The lowest BCUT2D eigenvalue weighted by Gasteiger charge is -2.23. The molecule has 2 aromatic carbocycles. The van der Waals surface area contributed by atoms with Gasteiger partial charge in [0.1, 0.15) is 6.54 Å². The molecule has 1 fully saturated rings. The summed E-state index contributed by atoms with van der Waals surface area (Å²) >= 11 is 0. The monoisotopic (exact) mass is 409 g/mol. The van der Waals surface area contributed by atoms with E-state index < -0.39 is 10.7 Å². The number of amides is 1. The van der Waals surface area contributed by atoms with Gasteiger partial charge in [0, 0.05) is 18.7 Å². The molecule has 1 heterocycles. The van der Waals surface area contributed by atoms with Crippen molar-refractivity contribution in [1.82, 2.24) is 9.47 Å². The van der Waals surface area contributed by atoms with Gasteiger partial charge >= 0.3 is 5.76 Å². The summed E-state index contributed by atoms with van der Waals surface area (Å²) in [4.78, 5) is 37.5. The van der Waals surface area contributed by atoms with Crippen LogP contribution in [0.5, 0.6) is 0 Å². The lowest BCUT2D eigenvalue weighted by molar-refractivity contribution is -0.384. The Morgan fingerprint density at radius 3 is 2.53 bits per heavy atom. The average molecular weight is 409 g/mol. The maximum absolute atomic E-state index is 13.1. The fraction of sp³-hybridized carbons (Fsp3) is 0.364. The third-order valence-corrected chi connectivity index (χ3v) is 5.46. The zero-order valence-electron chi connectivity index (χ0n) is 16.9. The summed E-state index contributed by atoms with van der Waals surface area (Å²) in [5.74, 6) is -0.429. The molecule has 0 bridgehead atoms. The molecule has 4 rings (SSSR count). The number of hydrogen-bond acceptors (Lipinski definition) is 5. The van der Waals surface area contributed by atoms with Crippen molar-refractivity contribution in [2.45, 2.75) is 51.7 Å². The van der Waals surface area contributed by atoms with Crippen LogP contribution in [0, 0.1) is 10.1 Å². The van der Waals surface area contributed by atoms with Crippen molar-refractivity contribution < 1.29 is 14.1 Å². The van der Waals surface area contributed by atoms with Crippen LogP contribution in [0.1, 0.15) is 43.7 Å². The third kappa shape index (κ3) is 3.98. The molecule has 156 valence electrons. The number of nitro benzene ring substituents is 1. The molecule has 1 aliphatic carbocycles. The molecule has 0 saturated heterocycles. The Morgan fingerprint density at radius 2 is 1.93 bits per heavy atom. The van der Waals surface area contributed by atoms with Crippen molar-refractivity contribution in [3.05, 3.63) is 74.3 Å². The van der Waals surface area contributed by atoms with Gasteiger partial charge in [-0.05, 0) is 36.0 Å². The van der Waals surface area contributed by atoms with Crippen molar-refractivity contribution in [2.75, 3.05) is 0 Å². The highest BCUT2D eigenvalue weighted by atomic mass is 16.6. The predicted octanol–water partition coefficient (Wildman–Crippen LogP) is 3.82. The number of aromatic nitrogens is 1. The molecule has 0 atom stereocenters. The third-order valence-electron chi connectivity index (χ3n) is 5.46. The van der Waals surface area contributed by atoms with Gasteiger partial charge in [-0.2, -0.15) is 0 Å². The molecule has 1 amide bonds. The highest BCUT2D eigenvalue weighted by molar-refractivity contribution is 5.81. The smallest absolute Gasteiger partial charge is 0.407 e. The molecule has 30 heavy (non-hydrogen) atoms. The second-order valence-corrected chi connectivity index (χ2v) is 8.01. The highest BCUT2D eigenvalue weighted by Crippen LogP contribution is 2.29. The van der Waals surface area contributed by atoms with Crippen LogP contribution in [0.2, 0.25) is 0 Å². The zero-order chi connectivity index (χ0) is 21.4. The minimum Gasteiger partial charge on any atom is -0.407 e. The number of carbonyl (C=O) groups excluding carboxylic acids is 1. The van der Waals surface area contributed by atoms with Crippen LogP contribution >= 0.6 is 0 Å². The fourth-order valence-corrected chi connectivity index (χ4v) is 3.56. The van der Waals surface area contributed by atoms with Crippen molar-refractivity contribution in [1.29, 1.82) is 0 Å². The lowest BCUT2D eigenvalue weighted by atomic mass is 10.0. The number of non-ortho nitro benzene ring substituents is 1. The Hall–Kier alpha value is -3.42. The van der Waals surface area contributed by atoms with Crippen molar-refractivity contribution in [2.24, 2.45) is 0 Å². The molecule has 1 aliphatic rings. The minimum atomic E-state index is -0.698. The fourth-order valence-electron chi connectivity index (χ4n) is 3.56. The van der Waals surface area contributed by atoms with Crippen molar-refractivity contribution in [3.63, 3.8) is 0 Å². The zero-order valence-corrected chi connectivity index (χ0v) is 16.9. The Morgan fingerprint density at radius 1 is 1.23 bits per heavy atom. The summed E-state index contributed by atoms with van der Waals surface area (Å²) in [6.07, 6.45) is 1.89. The van der Waals surface area contributed by atoms with Gasteiger partial charge in [-0.3, -0.25) is 19.5 Å². The summed E-state index contributed by atoms with van der Waals surface area (Å²) in [6.45, 7) is 4.59. The van der Waals surface area contributed by atoms with E-state index >= 15 is 0 Å². The first-order valence-corrected chi connectivity index (χ1v) is 9.99. The first-order valence-electron chi connectivity index (χ1n) is 9.99. The van der Waals surface area contributed by atoms with Crippen LogP contribution in [0.3, 0.4) is 0 Å². The number of hydrogen-bond donors (Lipinski definition) is 0. The van der Waals surface area contributed by atoms with Crippen LogP contribution < -0.4 is 5.76 Å². The van der Waals surface area contributed by atoms with Crippen molar-refractivity contribution >= 4 is 22.7 Å². The Balaban J connectivity index is 1.56. The molecule has 8 nitrogen and oxygen atoms in total. The number of rotatable bonds is 7. The molecule has 0 unspecified atom stereocenters. The SMILES string of the molecule is CC(C)c1ccc(CN(C(=O)Cn2c(=O)oc3cc([N+](=O)[O-])ccc32)C2CC2)cc1. The van der Waals surface area contributed by atoms with E-state index in [1.807, 2.05) is 12.1 Å². The number of fused-ring (bicyclic) bond motifs is 1. The largest absolute Gasteiger partial charge is 0.420 e. The summed E-state index contributed by atoms with van der Waals surface area (Å²) in [5.41, 5.74) is 2.59. The summed E-state index contributed by atoms with van der Waals surface area (Å²) < 4.78 is 6.37. The highest BCUT2D eigenvalue weighted by Gasteiger charge is 2.33. The molecule has 1 saturated carbocycles. The van der Waals surface area contributed by atoms with Gasteiger partial charge in [0.15, 0.2) is 5.58 Å². The first-order chi connectivity index (χ1) is 14.3. The summed E-state index contributed by atoms with van der Waals surface area (Å²) in [5, 5.41) is 10.9. The van der Waals surface area contributed by atoms with Gasteiger partial charge in [-0.1, -0.05) is 38.1 Å². The quantitative estimate of drug-likeness (QED) is 0.436. The molecular formula is C22H23N3O5.